The van der Waals surface area contributed by atoms with Gasteiger partial charge in [0.25, 0.3) is 11.6 Å². The molecular formula is C19H22BrN4O5S+. The molecule has 0 aromatic heterocycles. The molecule has 0 bridgehead atoms. The van der Waals surface area contributed by atoms with Crippen LogP contribution in [0.2, 0.25) is 0 Å². The number of nitrogens with one attached hydrogen (secondary N) is 2. The molecule has 9 nitrogen and oxygen atoms in total. The van der Waals surface area contributed by atoms with Crippen molar-refractivity contribution in [1.82, 2.24) is 4.31 Å². The topological polar surface area (TPSA) is 114 Å². The summed E-state index contributed by atoms with van der Waals surface area (Å²) in [6.45, 7) is 3.01. The van der Waals surface area contributed by atoms with Crippen LogP contribution in [0.25, 0.3) is 0 Å². The van der Waals surface area contributed by atoms with E-state index in [9.17, 15) is 23.3 Å². The van der Waals surface area contributed by atoms with Crippen LogP contribution < -0.4 is 10.2 Å². The van der Waals surface area contributed by atoms with Crippen LogP contribution in [0.4, 0.5) is 11.4 Å². The molecule has 11 heteroatoms. The zero-order valence-electron chi connectivity index (χ0n) is 16.2. The fourth-order valence-electron chi connectivity index (χ4n) is 3.38. The van der Waals surface area contributed by atoms with Gasteiger partial charge in [-0.15, -0.1) is 0 Å². The number of amides is 1. The number of nitrogens with zero attached hydrogens (tertiary/aromatic N) is 2. The highest BCUT2D eigenvalue weighted by Crippen LogP contribution is 2.26. The van der Waals surface area contributed by atoms with Gasteiger partial charge in [-0.2, -0.15) is 4.31 Å². The van der Waals surface area contributed by atoms with Crippen LogP contribution in [0.15, 0.2) is 57.9 Å². The second-order valence-corrected chi connectivity index (χ2v) is 9.83. The van der Waals surface area contributed by atoms with E-state index >= 15 is 0 Å². The Morgan fingerprint density at radius 3 is 2.37 bits per heavy atom. The van der Waals surface area contributed by atoms with Crippen molar-refractivity contribution in [3.05, 3.63) is 63.1 Å². The number of hydrogen-bond acceptors (Lipinski definition) is 5. The molecule has 1 aliphatic rings. The first-order valence-corrected chi connectivity index (χ1v) is 11.6. The Bertz CT molecular complexity index is 1040. The predicted molar refractivity (Wildman–Crippen MR) is 115 cm³/mol. The number of para-hydroxylation sites is 1. The lowest BCUT2D eigenvalue weighted by atomic mass is 10.2. The van der Waals surface area contributed by atoms with Gasteiger partial charge in [0, 0.05) is 16.2 Å². The van der Waals surface area contributed by atoms with Gasteiger partial charge in [-0.1, -0.05) is 28.1 Å². The lowest BCUT2D eigenvalue weighted by Gasteiger charge is -2.34. The number of benzene rings is 2. The number of piperazine rings is 1. The average molecular weight is 498 g/mol. The summed E-state index contributed by atoms with van der Waals surface area (Å²) in [4.78, 5) is 23.7. The Hall–Kier alpha value is -2.34. The number of carbonyl (C=O) groups is 1. The van der Waals surface area contributed by atoms with Crippen molar-refractivity contribution in [2.45, 2.75) is 17.9 Å². The molecular weight excluding hydrogens is 476 g/mol. The summed E-state index contributed by atoms with van der Waals surface area (Å²) >= 11 is 3.35. The zero-order chi connectivity index (χ0) is 21.9. The van der Waals surface area contributed by atoms with Crippen molar-refractivity contribution < 1.29 is 23.0 Å². The SMILES string of the molecule is C[C@H](C(=O)Nc1ccc(Br)cc1)[NH+]1CCN(S(=O)(=O)c2ccccc2[N+](=O)[O-])CC1. The molecule has 160 valence electrons. The quantitative estimate of drug-likeness (QED) is 0.460. The van der Waals surface area contributed by atoms with Crippen molar-refractivity contribution in [2.75, 3.05) is 31.5 Å². The molecule has 0 radical (unpaired) electrons. The highest BCUT2D eigenvalue weighted by Gasteiger charge is 2.37. The Morgan fingerprint density at radius 2 is 1.77 bits per heavy atom. The Balaban J connectivity index is 1.64. The normalized spacial score (nSPS) is 16.7. The predicted octanol–water partition coefficient (Wildman–Crippen LogP) is 1.27. The molecule has 0 saturated carbocycles. The number of rotatable bonds is 6. The number of nitro groups is 1. The monoisotopic (exact) mass is 497 g/mol. The van der Waals surface area contributed by atoms with Crippen LogP contribution in [0.3, 0.4) is 0 Å². The van der Waals surface area contributed by atoms with Crippen molar-refractivity contribution in [3.63, 3.8) is 0 Å². The largest absolute Gasteiger partial charge is 0.323 e. The molecule has 0 spiro atoms. The van der Waals surface area contributed by atoms with E-state index in [1.807, 2.05) is 12.1 Å². The molecule has 1 atom stereocenters. The van der Waals surface area contributed by atoms with Crippen LogP contribution in [-0.2, 0) is 14.8 Å². The number of hydrogen-bond donors (Lipinski definition) is 2. The summed E-state index contributed by atoms with van der Waals surface area (Å²) in [5.41, 5.74) is 0.251. The maximum absolute atomic E-state index is 12.9. The maximum Gasteiger partial charge on any atom is 0.289 e. The van der Waals surface area contributed by atoms with E-state index in [2.05, 4.69) is 21.2 Å². The van der Waals surface area contributed by atoms with Crippen molar-refractivity contribution in [2.24, 2.45) is 0 Å². The van der Waals surface area contributed by atoms with Crippen LogP contribution in [-0.4, -0.2) is 55.8 Å². The first kappa shape index (κ1) is 22.3. The van der Waals surface area contributed by atoms with E-state index in [0.29, 0.717) is 18.8 Å². The molecule has 0 unspecified atom stereocenters. The third-order valence-electron chi connectivity index (χ3n) is 5.16. The van der Waals surface area contributed by atoms with Gasteiger partial charge in [0.1, 0.15) is 0 Å². The maximum atomic E-state index is 12.9. The summed E-state index contributed by atoms with van der Waals surface area (Å²) in [5, 5.41) is 14.1. The van der Waals surface area contributed by atoms with Crippen LogP contribution >= 0.6 is 15.9 Å². The lowest BCUT2D eigenvalue weighted by Crippen LogP contribution is -3.19. The molecule has 1 saturated heterocycles. The third-order valence-corrected chi connectivity index (χ3v) is 7.64. The van der Waals surface area contributed by atoms with E-state index in [-0.39, 0.29) is 29.9 Å². The summed E-state index contributed by atoms with van der Waals surface area (Å²) in [5.74, 6) is -0.151. The fraction of sp³-hybridized carbons (Fsp3) is 0.316. The van der Waals surface area contributed by atoms with Crippen LogP contribution in [0, 0.1) is 10.1 Å². The summed E-state index contributed by atoms with van der Waals surface area (Å²) in [6.07, 6.45) is 0. The van der Waals surface area contributed by atoms with E-state index in [4.69, 9.17) is 0 Å². The highest BCUT2D eigenvalue weighted by molar-refractivity contribution is 9.10. The highest BCUT2D eigenvalue weighted by atomic mass is 79.9. The minimum Gasteiger partial charge on any atom is -0.323 e. The number of sulfonamides is 1. The van der Waals surface area contributed by atoms with Crippen LogP contribution in [0.5, 0.6) is 0 Å². The molecule has 0 aliphatic carbocycles. The number of anilines is 1. The number of nitro benzene ring substituents is 1. The molecule has 1 fully saturated rings. The summed E-state index contributed by atoms with van der Waals surface area (Å²) in [7, 11) is -3.99. The molecule has 1 aliphatic heterocycles. The number of halogens is 1. The van der Waals surface area contributed by atoms with E-state index in [1.165, 1.54) is 28.6 Å². The molecule has 2 aromatic rings. The Labute approximate surface area is 183 Å². The standard InChI is InChI=1S/C19H21BrN4O5S/c1-14(19(25)21-16-8-6-15(20)7-9-16)22-10-12-23(13-11-22)30(28,29)18-5-3-2-4-17(18)24(26)27/h2-9,14H,10-13H2,1H3,(H,21,25)/p+1/t14-/m1/s1. The number of quaternary nitrogens is 1. The molecule has 3 rings (SSSR count). The molecule has 2 aromatic carbocycles. The van der Waals surface area contributed by atoms with Crippen molar-refractivity contribution in [3.8, 4) is 0 Å². The van der Waals surface area contributed by atoms with Gasteiger partial charge in [-0.3, -0.25) is 14.9 Å². The van der Waals surface area contributed by atoms with E-state index in [0.717, 1.165) is 9.37 Å². The molecule has 30 heavy (non-hydrogen) atoms. The number of carbonyl (C=O) groups excluding carboxylic acids is 1. The van der Waals surface area contributed by atoms with E-state index in [1.54, 1.807) is 19.1 Å². The summed E-state index contributed by atoms with van der Waals surface area (Å²) in [6, 6.07) is 12.2. The van der Waals surface area contributed by atoms with Gasteiger partial charge in [0.2, 0.25) is 10.0 Å². The average Bonchev–Trinajstić information content (AvgIpc) is 2.74. The smallest absolute Gasteiger partial charge is 0.289 e. The molecule has 1 amide bonds. The first-order valence-electron chi connectivity index (χ1n) is 9.34. The Morgan fingerprint density at radius 1 is 1.17 bits per heavy atom. The fourth-order valence-corrected chi connectivity index (χ4v) is 5.24. The van der Waals surface area contributed by atoms with Gasteiger partial charge in [-0.05, 0) is 37.3 Å². The first-order chi connectivity index (χ1) is 14.2. The molecule has 2 N–H and O–H groups in total. The van der Waals surface area contributed by atoms with Crippen LogP contribution in [0.1, 0.15) is 6.92 Å². The van der Waals surface area contributed by atoms with E-state index < -0.39 is 20.6 Å². The second kappa shape index (κ2) is 9.21. The Kier molecular flexibility index (Phi) is 6.86. The third kappa shape index (κ3) is 4.86. The lowest BCUT2D eigenvalue weighted by molar-refractivity contribution is -0.917. The van der Waals surface area contributed by atoms with Crippen molar-refractivity contribution >= 4 is 43.2 Å². The zero-order valence-corrected chi connectivity index (χ0v) is 18.6. The summed E-state index contributed by atoms with van der Waals surface area (Å²) < 4.78 is 28.0. The minimum atomic E-state index is -3.99. The second-order valence-electron chi connectivity index (χ2n) is 7.01. The van der Waals surface area contributed by atoms with Gasteiger partial charge in [0.15, 0.2) is 10.9 Å². The minimum absolute atomic E-state index is 0.151. The van der Waals surface area contributed by atoms with Gasteiger partial charge < -0.3 is 10.2 Å². The van der Waals surface area contributed by atoms with Gasteiger partial charge in [-0.25, -0.2) is 8.42 Å². The van der Waals surface area contributed by atoms with Gasteiger partial charge >= 0.3 is 0 Å². The van der Waals surface area contributed by atoms with Crippen molar-refractivity contribution in [1.29, 1.82) is 0 Å². The van der Waals surface area contributed by atoms with Gasteiger partial charge in [0.05, 0.1) is 31.1 Å². The molecule has 1 heterocycles.